The minimum absolute atomic E-state index is 0.106. The molecule has 1 saturated heterocycles. The molecule has 0 radical (unpaired) electrons. The Bertz CT molecular complexity index is 1210. The fraction of sp³-hybridized carbons (Fsp3) is 0.273. The van der Waals surface area contributed by atoms with E-state index in [4.69, 9.17) is 12.2 Å². The van der Waals surface area contributed by atoms with E-state index in [-0.39, 0.29) is 12.1 Å². The van der Waals surface area contributed by atoms with E-state index >= 15 is 0 Å². The van der Waals surface area contributed by atoms with Gasteiger partial charge in [-0.05, 0) is 74.1 Å². The molecule has 0 unspecified atom stereocenters. The number of nitrogens with zero attached hydrogens (tertiary/aromatic N) is 3. The molecule has 2 aromatic heterocycles. The predicted molar refractivity (Wildman–Crippen MR) is 128 cm³/mol. The van der Waals surface area contributed by atoms with Crippen molar-refractivity contribution < 1.29 is 8.42 Å². The molecule has 3 heterocycles. The summed E-state index contributed by atoms with van der Waals surface area (Å²) >= 11 is 5.76. The van der Waals surface area contributed by atoms with Crippen LogP contribution in [0.1, 0.15) is 36.0 Å². The van der Waals surface area contributed by atoms with E-state index in [2.05, 4.69) is 43.7 Å². The second-order valence-electron chi connectivity index (χ2n) is 7.59. The molecule has 1 aliphatic heterocycles. The fourth-order valence-corrected chi connectivity index (χ4v) is 5.00. The quantitative estimate of drug-likeness (QED) is 0.551. The van der Waals surface area contributed by atoms with Crippen molar-refractivity contribution in [3.8, 4) is 0 Å². The van der Waals surface area contributed by atoms with Gasteiger partial charge in [0.25, 0.3) is 0 Å². The molecule has 7 nitrogen and oxygen atoms in total. The van der Waals surface area contributed by atoms with Crippen molar-refractivity contribution in [2.24, 2.45) is 0 Å². The average molecular weight is 456 g/mol. The number of nitrogens with one attached hydrogen (secondary N) is 2. The molecule has 3 aromatic rings. The molecule has 0 aliphatic carbocycles. The summed E-state index contributed by atoms with van der Waals surface area (Å²) in [5.41, 5.74) is 4.30. The van der Waals surface area contributed by atoms with Crippen molar-refractivity contribution >= 4 is 38.7 Å². The first-order valence-electron chi connectivity index (χ1n) is 10.0. The number of pyridine rings is 1. The van der Waals surface area contributed by atoms with Crippen LogP contribution in [0.4, 0.5) is 11.4 Å². The highest BCUT2D eigenvalue weighted by Gasteiger charge is 2.42. The number of hydrogen-bond acceptors (Lipinski definition) is 4. The van der Waals surface area contributed by atoms with Crippen LogP contribution >= 0.6 is 12.2 Å². The van der Waals surface area contributed by atoms with Gasteiger partial charge < -0.3 is 14.8 Å². The summed E-state index contributed by atoms with van der Waals surface area (Å²) in [4.78, 5) is 6.67. The Hall–Kier alpha value is -2.91. The molecular formula is C22H25N5O2S2. The lowest BCUT2D eigenvalue weighted by Crippen LogP contribution is -2.30. The first-order valence-corrected chi connectivity index (χ1v) is 12.3. The summed E-state index contributed by atoms with van der Waals surface area (Å²) in [6.07, 6.45) is 5.00. The van der Waals surface area contributed by atoms with E-state index in [1.807, 2.05) is 43.3 Å². The maximum absolute atomic E-state index is 11.7. The molecule has 31 heavy (non-hydrogen) atoms. The second-order valence-corrected chi connectivity index (χ2v) is 9.72. The highest BCUT2D eigenvalue weighted by Crippen LogP contribution is 2.42. The summed E-state index contributed by atoms with van der Waals surface area (Å²) in [7, 11) is -3.36. The Morgan fingerprint density at radius 1 is 1.19 bits per heavy atom. The van der Waals surface area contributed by atoms with Crippen molar-refractivity contribution in [1.29, 1.82) is 0 Å². The molecule has 2 N–H and O–H groups in total. The van der Waals surface area contributed by atoms with Crippen molar-refractivity contribution in [1.82, 2.24) is 14.9 Å². The van der Waals surface area contributed by atoms with E-state index in [1.54, 1.807) is 12.3 Å². The van der Waals surface area contributed by atoms with Crippen LogP contribution in [0, 0.1) is 6.92 Å². The lowest BCUT2D eigenvalue weighted by atomic mass is 10.0. The zero-order valence-corrected chi connectivity index (χ0v) is 19.2. The average Bonchev–Trinajstić information content (AvgIpc) is 3.33. The Morgan fingerprint density at radius 3 is 2.65 bits per heavy atom. The van der Waals surface area contributed by atoms with Gasteiger partial charge >= 0.3 is 0 Å². The van der Waals surface area contributed by atoms with E-state index < -0.39 is 10.0 Å². The van der Waals surface area contributed by atoms with Crippen LogP contribution in [-0.4, -0.2) is 29.3 Å². The van der Waals surface area contributed by atoms with E-state index in [0.29, 0.717) is 10.8 Å². The predicted octanol–water partition coefficient (Wildman–Crippen LogP) is 3.76. The number of hydrogen-bond donors (Lipinski definition) is 2. The van der Waals surface area contributed by atoms with Gasteiger partial charge in [-0.15, -0.1) is 0 Å². The van der Waals surface area contributed by atoms with Crippen LogP contribution in [0.2, 0.25) is 0 Å². The highest BCUT2D eigenvalue weighted by molar-refractivity contribution is 7.92. The summed E-state index contributed by atoms with van der Waals surface area (Å²) in [6, 6.07) is 15.4. The number of thiocarbonyl (C=S) groups is 1. The van der Waals surface area contributed by atoms with E-state index in [9.17, 15) is 8.42 Å². The lowest BCUT2D eigenvalue weighted by Gasteiger charge is -2.29. The lowest BCUT2D eigenvalue weighted by molar-refractivity contribution is 0.529. The first-order chi connectivity index (χ1) is 14.8. The summed E-state index contributed by atoms with van der Waals surface area (Å²) in [6.45, 7) is 4.83. The van der Waals surface area contributed by atoms with Crippen molar-refractivity contribution in [2.45, 2.75) is 32.5 Å². The Morgan fingerprint density at radius 2 is 2.00 bits per heavy atom. The molecule has 0 spiro atoms. The zero-order chi connectivity index (χ0) is 22.2. The number of anilines is 2. The second kappa shape index (κ2) is 8.32. The van der Waals surface area contributed by atoms with Crippen molar-refractivity contribution in [3.63, 3.8) is 0 Å². The molecule has 1 aromatic carbocycles. The molecule has 0 amide bonds. The third-order valence-electron chi connectivity index (χ3n) is 5.39. The minimum Gasteiger partial charge on any atom is -0.351 e. The Balaban J connectivity index is 1.80. The molecule has 9 heteroatoms. The fourth-order valence-electron chi connectivity index (χ4n) is 4.03. The highest BCUT2D eigenvalue weighted by atomic mass is 32.2. The number of sulfonamides is 1. The number of benzene rings is 1. The number of rotatable bonds is 6. The van der Waals surface area contributed by atoms with Crippen molar-refractivity contribution in [2.75, 3.05) is 15.9 Å². The van der Waals surface area contributed by atoms with Gasteiger partial charge in [-0.25, -0.2) is 8.42 Å². The van der Waals surface area contributed by atoms with Gasteiger partial charge in [0, 0.05) is 30.3 Å². The van der Waals surface area contributed by atoms with Gasteiger partial charge in [0.1, 0.15) is 6.04 Å². The maximum atomic E-state index is 11.7. The topological polar surface area (TPSA) is 79.3 Å². The summed E-state index contributed by atoms with van der Waals surface area (Å²) in [5.74, 6) is 0. The molecular weight excluding hydrogens is 430 g/mol. The van der Waals surface area contributed by atoms with Crippen LogP contribution in [0.5, 0.6) is 0 Å². The van der Waals surface area contributed by atoms with E-state index in [0.717, 1.165) is 35.4 Å². The summed E-state index contributed by atoms with van der Waals surface area (Å²) in [5, 5.41) is 4.06. The van der Waals surface area contributed by atoms with Gasteiger partial charge in [0.05, 0.1) is 23.7 Å². The standard InChI is InChI=1S/C22H25N5O2S2/c1-4-26-13-7-9-19(26)21-20(18-8-5-6-12-23-18)24-22(30)27(21)16-10-11-17(15(2)14-16)25-31(3,28)29/h5-14,20-21,25H,4H2,1-3H3,(H,24,30)/t20-,21+/m1/s1. The molecule has 4 rings (SSSR count). The van der Waals surface area contributed by atoms with Crippen LogP contribution in [0.25, 0.3) is 0 Å². The molecule has 0 bridgehead atoms. The Labute approximate surface area is 188 Å². The maximum Gasteiger partial charge on any atom is 0.229 e. The van der Waals surface area contributed by atoms with Crippen LogP contribution in [0.15, 0.2) is 60.9 Å². The van der Waals surface area contributed by atoms with Crippen LogP contribution in [-0.2, 0) is 16.6 Å². The largest absolute Gasteiger partial charge is 0.351 e. The minimum atomic E-state index is -3.36. The van der Waals surface area contributed by atoms with Crippen molar-refractivity contribution in [3.05, 3.63) is 77.9 Å². The number of aryl methyl sites for hydroxylation is 2. The molecule has 1 fully saturated rings. The molecule has 1 aliphatic rings. The normalized spacial score (nSPS) is 18.8. The third kappa shape index (κ3) is 4.28. The van der Waals surface area contributed by atoms with Crippen LogP contribution < -0.4 is 14.9 Å². The molecule has 2 atom stereocenters. The van der Waals surface area contributed by atoms with Gasteiger partial charge in [-0.2, -0.15) is 0 Å². The first kappa shape index (κ1) is 21.3. The van der Waals surface area contributed by atoms with Gasteiger partial charge in [-0.3, -0.25) is 9.71 Å². The van der Waals surface area contributed by atoms with Gasteiger partial charge in [0.15, 0.2) is 5.11 Å². The number of aromatic nitrogens is 2. The van der Waals surface area contributed by atoms with Gasteiger partial charge in [0.2, 0.25) is 10.0 Å². The SMILES string of the molecule is CCn1cccc1[C@H]1[C@@H](c2ccccn2)NC(=S)N1c1ccc(NS(C)(=O)=O)c(C)c1. The Kier molecular flexibility index (Phi) is 5.72. The van der Waals surface area contributed by atoms with Gasteiger partial charge in [-0.1, -0.05) is 6.07 Å². The molecule has 0 saturated carbocycles. The molecule has 162 valence electrons. The van der Waals surface area contributed by atoms with E-state index in [1.165, 1.54) is 0 Å². The smallest absolute Gasteiger partial charge is 0.229 e. The third-order valence-corrected chi connectivity index (χ3v) is 6.30. The van der Waals surface area contributed by atoms with Crippen LogP contribution in [0.3, 0.4) is 0 Å². The monoisotopic (exact) mass is 455 g/mol. The summed E-state index contributed by atoms with van der Waals surface area (Å²) < 4.78 is 28.1. The zero-order valence-electron chi connectivity index (χ0n) is 17.6.